The fourth-order valence-electron chi connectivity index (χ4n) is 2.88. The molecule has 4 amide bonds. The first-order valence-electron chi connectivity index (χ1n) is 9.12. The lowest BCUT2D eigenvalue weighted by Gasteiger charge is -2.26. The second kappa shape index (κ2) is 8.21. The highest BCUT2D eigenvalue weighted by atomic mass is 79.9. The molecule has 29 heavy (non-hydrogen) atoms. The Hall–Kier alpha value is -2.93. The first-order valence-corrected chi connectivity index (χ1v) is 9.91. The molecular formula is C22H21BrN2O4. The summed E-state index contributed by atoms with van der Waals surface area (Å²) in [5.74, 6) is -0.729. The number of hydrogen-bond acceptors (Lipinski definition) is 4. The van der Waals surface area contributed by atoms with Crippen molar-refractivity contribution in [3.8, 4) is 5.75 Å². The molecule has 150 valence electrons. The molecule has 3 rings (SSSR count). The van der Waals surface area contributed by atoms with Gasteiger partial charge in [-0.05, 0) is 90.7 Å². The molecule has 1 N–H and O–H groups in total. The Balaban J connectivity index is 1.97. The fourth-order valence-corrected chi connectivity index (χ4v) is 3.37. The number of rotatable bonds is 4. The number of benzene rings is 2. The minimum Gasteiger partial charge on any atom is -0.490 e. The van der Waals surface area contributed by atoms with Crippen molar-refractivity contribution < 1.29 is 19.1 Å². The summed E-state index contributed by atoms with van der Waals surface area (Å²) in [7, 11) is 0. The Morgan fingerprint density at radius 1 is 1.03 bits per heavy atom. The molecule has 0 atom stereocenters. The van der Waals surface area contributed by atoms with Crippen LogP contribution in [-0.4, -0.2) is 23.9 Å². The molecule has 0 aromatic heterocycles. The third-order valence-corrected chi connectivity index (χ3v) is 5.10. The van der Waals surface area contributed by atoms with E-state index in [1.807, 2.05) is 33.8 Å². The van der Waals surface area contributed by atoms with Crippen molar-refractivity contribution in [1.29, 1.82) is 0 Å². The van der Waals surface area contributed by atoms with Crippen molar-refractivity contribution in [1.82, 2.24) is 5.32 Å². The highest BCUT2D eigenvalue weighted by Crippen LogP contribution is 2.29. The molecule has 6 nitrogen and oxygen atoms in total. The molecule has 1 aliphatic rings. The van der Waals surface area contributed by atoms with Crippen LogP contribution in [0.4, 0.5) is 10.5 Å². The fraction of sp³-hybridized carbons (Fsp3) is 0.227. The maximum Gasteiger partial charge on any atom is 0.335 e. The summed E-state index contributed by atoms with van der Waals surface area (Å²) >= 11 is 3.44. The van der Waals surface area contributed by atoms with Gasteiger partial charge >= 0.3 is 6.03 Å². The van der Waals surface area contributed by atoms with Crippen molar-refractivity contribution in [2.45, 2.75) is 33.8 Å². The van der Waals surface area contributed by atoms with Crippen LogP contribution in [-0.2, 0) is 9.59 Å². The zero-order chi connectivity index (χ0) is 21.3. The summed E-state index contributed by atoms with van der Waals surface area (Å²) in [6, 6.07) is 9.75. The van der Waals surface area contributed by atoms with E-state index in [2.05, 4.69) is 21.2 Å². The van der Waals surface area contributed by atoms with Gasteiger partial charge in [0, 0.05) is 0 Å². The van der Waals surface area contributed by atoms with Crippen molar-refractivity contribution in [3.05, 3.63) is 63.1 Å². The summed E-state index contributed by atoms with van der Waals surface area (Å²) in [5.41, 5.74) is 2.90. The Morgan fingerprint density at radius 3 is 2.38 bits per heavy atom. The Kier molecular flexibility index (Phi) is 5.88. The summed E-state index contributed by atoms with van der Waals surface area (Å²) in [6.07, 6.45) is 1.47. The molecule has 1 aliphatic heterocycles. The molecule has 1 heterocycles. The number of halogens is 1. The van der Waals surface area contributed by atoms with E-state index in [9.17, 15) is 14.4 Å². The van der Waals surface area contributed by atoms with Crippen LogP contribution in [0.15, 0.2) is 46.4 Å². The van der Waals surface area contributed by atoms with Gasteiger partial charge in [-0.1, -0.05) is 12.1 Å². The number of aryl methyl sites for hydroxylation is 2. The van der Waals surface area contributed by atoms with Gasteiger partial charge in [0.1, 0.15) is 11.3 Å². The number of barbiturate groups is 1. The zero-order valence-electron chi connectivity index (χ0n) is 16.6. The predicted octanol–water partition coefficient (Wildman–Crippen LogP) is 4.52. The van der Waals surface area contributed by atoms with Crippen LogP contribution < -0.4 is 15.0 Å². The number of ether oxygens (including phenoxy) is 1. The number of urea groups is 1. The number of nitrogens with one attached hydrogen (secondary N) is 1. The zero-order valence-corrected chi connectivity index (χ0v) is 18.2. The monoisotopic (exact) mass is 456 g/mol. The first-order chi connectivity index (χ1) is 13.7. The van der Waals surface area contributed by atoms with Gasteiger partial charge in [-0.2, -0.15) is 0 Å². The van der Waals surface area contributed by atoms with E-state index in [1.54, 1.807) is 30.3 Å². The van der Waals surface area contributed by atoms with Gasteiger partial charge in [0.05, 0.1) is 16.3 Å². The van der Waals surface area contributed by atoms with Crippen LogP contribution in [0, 0.1) is 13.8 Å². The van der Waals surface area contributed by atoms with Crippen LogP contribution in [0.3, 0.4) is 0 Å². The summed E-state index contributed by atoms with van der Waals surface area (Å²) in [4.78, 5) is 38.6. The molecule has 0 bridgehead atoms. The van der Waals surface area contributed by atoms with Gasteiger partial charge in [0.2, 0.25) is 0 Å². The second-order valence-corrected chi connectivity index (χ2v) is 7.94. The van der Waals surface area contributed by atoms with Crippen molar-refractivity contribution >= 4 is 45.5 Å². The van der Waals surface area contributed by atoms with E-state index < -0.39 is 17.8 Å². The first kappa shape index (κ1) is 20.8. The van der Waals surface area contributed by atoms with Crippen LogP contribution in [0.2, 0.25) is 0 Å². The molecule has 0 radical (unpaired) electrons. The number of anilines is 1. The molecular weight excluding hydrogens is 436 g/mol. The lowest BCUT2D eigenvalue weighted by Crippen LogP contribution is -2.54. The van der Waals surface area contributed by atoms with Crippen molar-refractivity contribution in [3.63, 3.8) is 0 Å². The van der Waals surface area contributed by atoms with E-state index in [4.69, 9.17) is 4.74 Å². The number of carbonyl (C=O) groups excluding carboxylic acids is 3. The van der Waals surface area contributed by atoms with Crippen molar-refractivity contribution in [2.75, 3.05) is 4.90 Å². The van der Waals surface area contributed by atoms with E-state index in [-0.39, 0.29) is 11.7 Å². The Bertz CT molecular complexity index is 1040. The number of hydrogen-bond donors (Lipinski definition) is 1. The van der Waals surface area contributed by atoms with Gasteiger partial charge in [-0.15, -0.1) is 0 Å². The average Bonchev–Trinajstić information content (AvgIpc) is 2.63. The molecule has 0 spiro atoms. The standard InChI is InChI=1S/C22H21BrN2O4/c1-12(2)29-19-8-6-15(11-18(19)23)10-17-20(26)24-22(28)25(21(17)27)16-7-5-13(3)14(4)9-16/h5-12H,1-4H3,(H,24,26,28)/b17-10+. The summed E-state index contributed by atoms with van der Waals surface area (Å²) in [6.45, 7) is 7.68. The molecule has 7 heteroatoms. The number of amides is 4. The van der Waals surface area contributed by atoms with Gasteiger partial charge in [-0.25, -0.2) is 9.69 Å². The van der Waals surface area contributed by atoms with Crippen molar-refractivity contribution in [2.24, 2.45) is 0 Å². The molecule has 0 saturated carbocycles. The average molecular weight is 457 g/mol. The van der Waals surface area contributed by atoms with Gasteiger partial charge < -0.3 is 4.74 Å². The molecule has 0 unspecified atom stereocenters. The minimum atomic E-state index is -0.762. The molecule has 1 fully saturated rings. The van der Waals surface area contributed by atoms with E-state index >= 15 is 0 Å². The second-order valence-electron chi connectivity index (χ2n) is 7.08. The maximum absolute atomic E-state index is 13.0. The maximum atomic E-state index is 13.0. The van der Waals surface area contributed by atoms with Crippen LogP contribution in [0.5, 0.6) is 5.75 Å². The Morgan fingerprint density at radius 2 is 1.76 bits per heavy atom. The summed E-state index contributed by atoms with van der Waals surface area (Å²) < 4.78 is 6.38. The highest BCUT2D eigenvalue weighted by Gasteiger charge is 2.36. The lowest BCUT2D eigenvalue weighted by molar-refractivity contribution is -0.122. The van der Waals surface area contributed by atoms with Crippen LogP contribution >= 0.6 is 15.9 Å². The smallest absolute Gasteiger partial charge is 0.335 e. The highest BCUT2D eigenvalue weighted by molar-refractivity contribution is 9.10. The number of nitrogens with zero attached hydrogens (tertiary/aromatic N) is 1. The molecule has 2 aromatic rings. The quantitative estimate of drug-likeness (QED) is 0.541. The third-order valence-electron chi connectivity index (χ3n) is 4.48. The number of carbonyl (C=O) groups is 3. The summed E-state index contributed by atoms with van der Waals surface area (Å²) in [5, 5.41) is 2.24. The van der Waals surface area contributed by atoms with E-state index in [0.717, 1.165) is 16.0 Å². The normalized spacial score (nSPS) is 15.9. The molecule has 2 aromatic carbocycles. The van der Waals surface area contributed by atoms with Gasteiger partial charge in [0.25, 0.3) is 11.8 Å². The largest absolute Gasteiger partial charge is 0.490 e. The SMILES string of the molecule is Cc1ccc(N2C(=O)NC(=O)/C(=C\c3ccc(OC(C)C)c(Br)c3)C2=O)cc1C. The van der Waals surface area contributed by atoms with Gasteiger partial charge in [0.15, 0.2) is 0 Å². The molecule has 0 aliphatic carbocycles. The Labute approximate surface area is 177 Å². The third kappa shape index (κ3) is 4.40. The van der Waals surface area contributed by atoms with Crippen LogP contribution in [0.1, 0.15) is 30.5 Å². The number of imide groups is 2. The minimum absolute atomic E-state index is 0.0127. The van der Waals surface area contributed by atoms with E-state index in [1.165, 1.54) is 6.08 Å². The van der Waals surface area contributed by atoms with E-state index in [0.29, 0.717) is 21.5 Å². The molecule has 1 saturated heterocycles. The van der Waals surface area contributed by atoms with Crippen LogP contribution in [0.25, 0.3) is 6.08 Å². The topological polar surface area (TPSA) is 75.7 Å². The lowest BCUT2D eigenvalue weighted by atomic mass is 10.1. The predicted molar refractivity (Wildman–Crippen MR) is 115 cm³/mol. The van der Waals surface area contributed by atoms with Gasteiger partial charge in [-0.3, -0.25) is 14.9 Å².